The van der Waals surface area contributed by atoms with Crippen LogP contribution in [0.3, 0.4) is 0 Å². The van der Waals surface area contributed by atoms with E-state index in [1.54, 1.807) is 7.11 Å². The van der Waals surface area contributed by atoms with Gasteiger partial charge in [0, 0.05) is 12.2 Å². The van der Waals surface area contributed by atoms with Crippen molar-refractivity contribution in [2.24, 2.45) is 5.92 Å². The number of nitrogens with zero attached hydrogens (tertiary/aromatic N) is 1. The van der Waals surface area contributed by atoms with E-state index in [0.717, 1.165) is 28.4 Å². The molecule has 0 aliphatic rings. The molecule has 0 aliphatic carbocycles. The molecule has 3 rings (SSSR count). The maximum atomic E-state index is 12.8. The average molecular weight is 397 g/mol. The van der Waals surface area contributed by atoms with Gasteiger partial charge in [0.2, 0.25) is 0 Å². The summed E-state index contributed by atoms with van der Waals surface area (Å²) in [5.41, 5.74) is 4.22. The molecule has 28 heavy (non-hydrogen) atoms. The van der Waals surface area contributed by atoms with Crippen LogP contribution in [0.15, 0.2) is 54.6 Å². The lowest BCUT2D eigenvalue weighted by Crippen LogP contribution is -2.27. The lowest BCUT2D eigenvalue weighted by molar-refractivity contribution is 0.0948. The molecule has 0 unspecified atom stereocenters. The predicted octanol–water partition coefficient (Wildman–Crippen LogP) is 5.50. The second-order valence-electron chi connectivity index (χ2n) is 7.15. The van der Waals surface area contributed by atoms with Gasteiger partial charge in [-0.05, 0) is 60.9 Å². The zero-order chi connectivity index (χ0) is 20.3. The molecule has 1 heterocycles. The highest BCUT2D eigenvalue weighted by atomic mass is 35.5. The van der Waals surface area contributed by atoms with Crippen molar-refractivity contribution < 1.29 is 9.53 Å². The number of carbonyl (C=O) groups excluding carboxylic acids is 1. The Morgan fingerprint density at radius 1 is 1.14 bits per heavy atom. The van der Waals surface area contributed by atoms with Gasteiger partial charge in [0.25, 0.3) is 5.91 Å². The van der Waals surface area contributed by atoms with Crippen molar-refractivity contribution in [2.75, 3.05) is 13.7 Å². The summed E-state index contributed by atoms with van der Waals surface area (Å²) in [7, 11) is 1.64. The van der Waals surface area contributed by atoms with Gasteiger partial charge in [-0.1, -0.05) is 37.6 Å². The molecular weight excluding hydrogens is 372 g/mol. The van der Waals surface area contributed by atoms with Crippen LogP contribution in [0.4, 0.5) is 0 Å². The molecule has 2 aromatic carbocycles. The quantitative estimate of drug-likeness (QED) is 0.597. The van der Waals surface area contributed by atoms with Crippen molar-refractivity contribution in [3.63, 3.8) is 0 Å². The summed E-state index contributed by atoms with van der Waals surface area (Å²) in [6.07, 6.45) is 0. The zero-order valence-corrected chi connectivity index (χ0v) is 17.4. The fraction of sp³-hybridized carbons (Fsp3) is 0.261. The Hall–Kier alpha value is -2.72. The molecule has 0 saturated heterocycles. The summed E-state index contributed by atoms with van der Waals surface area (Å²) in [6.45, 7) is 6.73. The van der Waals surface area contributed by atoms with E-state index in [4.69, 9.17) is 16.3 Å². The monoisotopic (exact) mass is 396 g/mol. The van der Waals surface area contributed by atoms with Crippen molar-refractivity contribution in [3.8, 4) is 22.7 Å². The normalized spacial score (nSPS) is 10.9. The smallest absolute Gasteiger partial charge is 0.253 e. The number of hydrogen-bond donors (Lipinski definition) is 1. The Bertz CT molecular complexity index is 975. The first-order valence-corrected chi connectivity index (χ1v) is 9.70. The van der Waals surface area contributed by atoms with E-state index in [9.17, 15) is 4.79 Å². The van der Waals surface area contributed by atoms with Crippen LogP contribution in [0.25, 0.3) is 16.9 Å². The summed E-state index contributed by atoms with van der Waals surface area (Å²) in [6, 6.07) is 17.4. The number of methoxy groups -OCH3 is 1. The van der Waals surface area contributed by atoms with E-state index >= 15 is 0 Å². The van der Waals surface area contributed by atoms with Crippen molar-refractivity contribution >= 4 is 17.5 Å². The standard InChI is InChI=1S/C23H25ClN2O2/c1-15(2)14-25-23(27)19-13-22(17-9-11-18(28-4)12-10-17)26(16(19)3)21-8-6-5-7-20(21)24/h5-13,15H,14H2,1-4H3,(H,25,27). The van der Waals surface area contributed by atoms with Gasteiger partial charge in [-0.25, -0.2) is 0 Å². The first-order valence-electron chi connectivity index (χ1n) is 9.32. The highest BCUT2D eigenvalue weighted by Gasteiger charge is 2.20. The van der Waals surface area contributed by atoms with E-state index in [1.807, 2.05) is 66.1 Å². The van der Waals surface area contributed by atoms with Crippen LogP contribution in [0, 0.1) is 12.8 Å². The topological polar surface area (TPSA) is 43.3 Å². The predicted molar refractivity (Wildman–Crippen MR) is 115 cm³/mol. The molecule has 1 amide bonds. The van der Waals surface area contributed by atoms with Gasteiger partial charge < -0.3 is 14.6 Å². The number of hydrogen-bond acceptors (Lipinski definition) is 2. The third kappa shape index (κ3) is 4.07. The third-order valence-corrected chi connectivity index (χ3v) is 4.96. The minimum atomic E-state index is -0.0771. The van der Waals surface area contributed by atoms with E-state index in [2.05, 4.69) is 19.2 Å². The van der Waals surface area contributed by atoms with Crippen molar-refractivity contribution in [2.45, 2.75) is 20.8 Å². The van der Waals surface area contributed by atoms with Gasteiger partial charge >= 0.3 is 0 Å². The summed E-state index contributed by atoms with van der Waals surface area (Å²) in [4.78, 5) is 12.8. The molecule has 3 aromatic rings. The van der Waals surface area contributed by atoms with E-state index < -0.39 is 0 Å². The molecule has 0 saturated carbocycles. The minimum absolute atomic E-state index is 0.0771. The lowest BCUT2D eigenvalue weighted by atomic mass is 10.1. The Morgan fingerprint density at radius 2 is 1.82 bits per heavy atom. The van der Waals surface area contributed by atoms with E-state index in [-0.39, 0.29) is 5.91 Å². The Kier molecular flexibility index (Phi) is 6.10. The van der Waals surface area contributed by atoms with E-state index in [1.165, 1.54) is 0 Å². The van der Waals surface area contributed by atoms with Gasteiger partial charge in [0.15, 0.2) is 0 Å². The maximum absolute atomic E-state index is 12.8. The number of rotatable bonds is 6. The number of carbonyl (C=O) groups is 1. The molecule has 0 spiro atoms. The Labute approximate surface area is 171 Å². The van der Waals surface area contributed by atoms with Crippen LogP contribution in [0.2, 0.25) is 5.02 Å². The van der Waals surface area contributed by atoms with Crippen LogP contribution < -0.4 is 10.1 Å². The molecule has 1 aromatic heterocycles. The lowest BCUT2D eigenvalue weighted by Gasteiger charge is -2.14. The Morgan fingerprint density at radius 3 is 2.43 bits per heavy atom. The zero-order valence-electron chi connectivity index (χ0n) is 16.6. The molecule has 146 valence electrons. The number of amides is 1. The molecule has 0 aliphatic heterocycles. The first kappa shape index (κ1) is 20.0. The molecule has 4 nitrogen and oxygen atoms in total. The summed E-state index contributed by atoms with van der Waals surface area (Å²) in [5, 5.41) is 3.64. The minimum Gasteiger partial charge on any atom is -0.497 e. The fourth-order valence-electron chi connectivity index (χ4n) is 3.15. The molecule has 1 N–H and O–H groups in total. The number of nitrogens with one attached hydrogen (secondary N) is 1. The molecular formula is C23H25ClN2O2. The second kappa shape index (κ2) is 8.53. The molecule has 0 radical (unpaired) electrons. The van der Waals surface area contributed by atoms with Crippen molar-refractivity contribution in [1.82, 2.24) is 9.88 Å². The van der Waals surface area contributed by atoms with Crippen LogP contribution in [0.5, 0.6) is 5.75 Å². The van der Waals surface area contributed by atoms with Gasteiger partial charge in [-0.15, -0.1) is 0 Å². The van der Waals surface area contributed by atoms with Crippen LogP contribution in [-0.4, -0.2) is 24.1 Å². The second-order valence-corrected chi connectivity index (χ2v) is 7.56. The first-order chi connectivity index (χ1) is 13.4. The molecule has 5 heteroatoms. The average Bonchev–Trinajstić information content (AvgIpc) is 3.03. The number of ether oxygens (including phenoxy) is 1. The summed E-state index contributed by atoms with van der Waals surface area (Å²) in [5.74, 6) is 1.09. The summed E-state index contributed by atoms with van der Waals surface area (Å²) >= 11 is 6.49. The van der Waals surface area contributed by atoms with Gasteiger partial charge in [0.05, 0.1) is 29.1 Å². The van der Waals surface area contributed by atoms with Crippen LogP contribution >= 0.6 is 11.6 Å². The number of para-hydroxylation sites is 1. The number of aromatic nitrogens is 1. The SMILES string of the molecule is COc1ccc(-c2cc(C(=O)NCC(C)C)c(C)n2-c2ccccc2Cl)cc1. The van der Waals surface area contributed by atoms with Crippen LogP contribution in [0.1, 0.15) is 29.9 Å². The third-order valence-electron chi connectivity index (χ3n) is 4.64. The highest BCUT2D eigenvalue weighted by Crippen LogP contribution is 2.33. The van der Waals surface area contributed by atoms with Gasteiger partial charge in [0.1, 0.15) is 5.75 Å². The molecule has 0 atom stereocenters. The molecule has 0 bridgehead atoms. The number of halogens is 1. The van der Waals surface area contributed by atoms with Gasteiger partial charge in [-0.3, -0.25) is 4.79 Å². The van der Waals surface area contributed by atoms with Crippen LogP contribution in [-0.2, 0) is 0 Å². The summed E-state index contributed by atoms with van der Waals surface area (Å²) < 4.78 is 7.30. The van der Waals surface area contributed by atoms with E-state index in [0.29, 0.717) is 23.0 Å². The highest BCUT2D eigenvalue weighted by molar-refractivity contribution is 6.32. The Balaban J connectivity index is 2.14. The fourth-order valence-corrected chi connectivity index (χ4v) is 3.37. The maximum Gasteiger partial charge on any atom is 0.253 e. The van der Waals surface area contributed by atoms with Gasteiger partial charge in [-0.2, -0.15) is 0 Å². The van der Waals surface area contributed by atoms with Crippen molar-refractivity contribution in [3.05, 3.63) is 70.9 Å². The number of benzene rings is 2. The van der Waals surface area contributed by atoms with Crippen molar-refractivity contribution in [1.29, 1.82) is 0 Å². The molecule has 0 fully saturated rings. The largest absolute Gasteiger partial charge is 0.497 e.